The highest BCUT2D eigenvalue weighted by Gasteiger charge is 2.29. The number of piperazine rings is 1. The Morgan fingerprint density at radius 1 is 1.05 bits per heavy atom. The lowest BCUT2D eigenvalue weighted by Gasteiger charge is -2.32. The number of anilines is 2. The first-order valence-electron chi connectivity index (χ1n) is 18.3. The maximum Gasteiger partial charge on any atom is 0.405 e. The summed E-state index contributed by atoms with van der Waals surface area (Å²) in [6, 6.07) is 8.14. The highest BCUT2D eigenvalue weighted by atomic mass is 16.6. The molecule has 7 N–H and O–H groups in total. The second-order valence-corrected chi connectivity index (χ2v) is 14.1. The summed E-state index contributed by atoms with van der Waals surface area (Å²) >= 11 is 0. The van der Waals surface area contributed by atoms with Crippen LogP contribution in [0, 0.1) is 5.92 Å². The van der Waals surface area contributed by atoms with E-state index >= 15 is 0 Å². The van der Waals surface area contributed by atoms with Gasteiger partial charge in [0.1, 0.15) is 17.6 Å². The molecule has 0 radical (unpaired) electrons. The zero-order valence-electron chi connectivity index (χ0n) is 32.7. The van der Waals surface area contributed by atoms with Crippen LogP contribution in [0.1, 0.15) is 55.6 Å². The third-order valence-corrected chi connectivity index (χ3v) is 9.91. The van der Waals surface area contributed by atoms with Gasteiger partial charge in [-0.1, -0.05) is 48.9 Å². The van der Waals surface area contributed by atoms with Crippen molar-refractivity contribution < 1.29 is 48.7 Å². The second-order valence-electron chi connectivity index (χ2n) is 14.1. The molecule has 0 saturated carbocycles. The molecule has 1 fully saturated rings. The summed E-state index contributed by atoms with van der Waals surface area (Å²) in [4.78, 5) is 53.8. The number of fused-ring (bicyclic) bond motifs is 2. The Morgan fingerprint density at radius 3 is 2.34 bits per heavy atom. The lowest BCUT2D eigenvalue weighted by molar-refractivity contribution is -0.119. The molecule has 5 atom stereocenters. The molecule has 2 aromatic carbocycles. The summed E-state index contributed by atoms with van der Waals surface area (Å²) in [6.45, 7) is 10.2. The Balaban J connectivity index is 1.71. The van der Waals surface area contributed by atoms with E-state index in [0.717, 1.165) is 31.1 Å². The number of ether oxygens (including phenoxy) is 3. The number of aliphatic hydroxyl groups is 1. The minimum atomic E-state index is -1.06. The molecular formula is C41H53N5O10. The number of aromatic hydroxyl groups is 2. The van der Waals surface area contributed by atoms with Crippen LogP contribution < -0.4 is 16.4 Å². The van der Waals surface area contributed by atoms with Crippen LogP contribution in [-0.4, -0.2) is 114 Å². The molecule has 0 aliphatic carbocycles. The number of aliphatic hydroxyl groups excluding tert-OH is 1. The SMILES string of the molecule is CO[C@H]1C=CC=C(C)C(=O)Nc2cc(O)c(NC(=O)c3ccc(CN4CCN(C=O)CC4)cc3)c(c2O)C=C(C)C[C@H](OC)[C@H](O)[C@@H](C)C=C(C)[C@@H]1OC(N)=O. The van der Waals surface area contributed by atoms with E-state index in [1.165, 1.54) is 39.4 Å². The van der Waals surface area contributed by atoms with Gasteiger partial charge in [0.25, 0.3) is 11.8 Å². The number of amides is 4. The molecule has 56 heavy (non-hydrogen) atoms. The first kappa shape index (κ1) is 43.3. The van der Waals surface area contributed by atoms with Gasteiger partial charge in [0.15, 0.2) is 6.10 Å². The molecule has 4 amide bonds. The number of phenols is 2. The fourth-order valence-corrected chi connectivity index (χ4v) is 6.64. The number of nitrogens with two attached hydrogens (primary N) is 1. The smallest absolute Gasteiger partial charge is 0.405 e. The van der Waals surface area contributed by atoms with E-state index in [1.54, 1.807) is 50.0 Å². The van der Waals surface area contributed by atoms with Crippen LogP contribution in [0.4, 0.5) is 16.2 Å². The maximum atomic E-state index is 13.6. The number of rotatable bonds is 8. The molecule has 0 unspecified atom stereocenters. The molecule has 0 aromatic heterocycles. The number of carbonyl (C=O) groups excluding carboxylic acids is 4. The molecule has 302 valence electrons. The fraction of sp³-hybridized carbons (Fsp3) is 0.415. The van der Waals surface area contributed by atoms with Gasteiger partial charge in [-0.3, -0.25) is 19.3 Å². The lowest BCUT2D eigenvalue weighted by Crippen LogP contribution is -2.45. The Labute approximate surface area is 327 Å². The number of primary amides is 1. The number of nitrogens with zero attached hydrogens (tertiary/aromatic N) is 2. The van der Waals surface area contributed by atoms with Crippen molar-refractivity contribution >= 4 is 41.8 Å². The average molecular weight is 776 g/mol. The predicted molar refractivity (Wildman–Crippen MR) is 212 cm³/mol. The van der Waals surface area contributed by atoms with E-state index in [0.29, 0.717) is 36.3 Å². The van der Waals surface area contributed by atoms with Crippen molar-refractivity contribution in [2.75, 3.05) is 51.0 Å². The molecule has 2 bridgehead atoms. The largest absolute Gasteiger partial charge is 0.506 e. The van der Waals surface area contributed by atoms with Gasteiger partial charge in [-0.05, 0) is 56.5 Å². The van der Waals surface area contributed by atoms with Crippen molar-refractivity contribution in [3.8, 4) is 11.5 Å². The Morgan fingerprint density at radius 2 is 1.73 bits per heavy atom. The van der Waals surface area contributed by atoms with Crippen molar-refractivity contribution in [2.45, 2.75) is 65.1 Å². The van der Waals surface area contributed by atoms with Gasteiger partial charge in [0.05, 0.1) is 23.6 Å². The average Bonchev–Trinajstić information content (AvgIpc) is 3.17. The standard InChI is InChI=1S/C41H53N5O10/c1-24-18-30-35(44-40(52)29-12-10-28(11-13-29)22-45-14-16-46(23-47)17-15-45)32(48)21-31(37(30)50)43-39(51)25(2)8-7-9-33(54-5)38(56-41(42)53)27(4)20-26(3)36(49)34(19-24)55-6/h7-13,18,20-21,23,26,33-34,36,38,48-50H,14-17,19,22H2,1-6H3,(H2,42,53)(H,43,51)(H,44,52)/t26-,33-,34-,36+,38-/m0/s1. The zero-order chi connectivity index (χ0) is 41.1. The van der Waals surface area contributed by atoms with Crippen molar-refractivity contribution in [3.63, 3.8) is 0 Å². The summed E-state index contributed by atoms with van der Waals surface area (Å²) in [5.41, 5.74) is 7.80. The highest BCUT2D eigenvalue weighted by molar-refractivity contribution is 6.09. The first-order chi connectivity index (χ1) is 26.6. The zero-order valence-corrected chi connectivity index (χ0v) is 32.7. The van der Waals surface area contributed by atoms with E-state index in [9.17, 15) is 34.5 Å². The normalized spacial score (nSPS) is 23.0. The number of carbonyl (C=O) groups is 4. The summed E-state index contributed by atoms with van der Waals surface area (Å²) < 4.78 is 16.7. The van der Waals surface area contributed by atoms with E-state index in [1.807, 2.05) is 12.1 Å². The van der Waals surface area contributed by atoms with E-state index in [4.69, 9.17) is 19.9 Å². The van der Waals surface area contributed by atoms with Crippen LogP contribution in [-0.2, 0) is 30.3 Å². The third-order valence-electron chi connectivity index (χ3n) is 9.91. The number of phenolic OH excluding ortho intramolecular Hbond substituents is 2. The minimum absolute atomic E-state index is 0.0131. The van der Waals surface area contributed by atoms with Crippen LogP contribution in [0.15, 0.2) is 71.4 Å². The molecule has 1 saturated heterocycles. The summed E-state index contributed by atoms with van der Waals surface area (Å²) in [5, 5.41) is 39.7. The third kappa shape index (κ3) is 11.3. The summed E-state index contributed by atoms with van der Waals surface area (Å²) in [5.74, 6) is -2.54. The van der Waals surface area contributed by atoms with Crippen molar-refractivity contribution in [1.29, 1.82) is 0 Å². The van der Waals surface area contributed by atoms with Crippen LogP contribution in [0.5, 0.6) is 11.5 Å². The number of hydrogen-bond acceptors (Lipinski definition) is 11. The quantitative estimate of drug-likeness (QED) is 0.0963. The van der Waals surface area contributed by atoms with Gasteiger partial charge in [0, 0.05) is 75.6 Å². The van der Waals surface area contributed by atoms with Gasteiger partial charge >= 0.3 is 6.09 Å². The summed E-state index contributed by atoms with van der Waals surface area (Å²) in [7, 11) is 2.87. The number of hydrogen-bond donors (Lipinski definition) is 6. The van der Waals surface area contributed by atoms with Gasteiger partial charge < -0.3 is 50.8 Å². The van der Waals surface area contributed by atoms with Gasteiger partial charge in [0.2, 0.25) is 6.41 Å². The molecule has 2 aliphatic heterocycles. The lowest BCUT2D eigenvalue weighted by atomic mass is 9.91. The van der Waals surface area contributed by atoms with Gasteiger partial charge in [-0.15, -0.1) is 0 Å². The van der Waals surface area contributed by atoms with Crippen molar-refractivity contribution in [2.24, 2.45) is 11.7 Å². The topological polar surface area (TPSA) is 213 Å². The first-order valence-corrected chi connectivity index (χ1v) is 18.3. The van der Waals surface area contributed by atoms with Crippen LogP contribution >= 0.6 is 0 Å². The van der Waals surface area contributed by atoms with E-state index in [2.05, 4.69) is 15.5 Å². The maximum absolute atomic E-state index is 13.6. The van der Waals surface area contributed by atoms with Crippen molar-refractivity contribution in [1.82, 2.24) is 9.80 Å². The number of nitrogens with one attached hydrogen (secondary N) is 2. The predicted octanol–water partition coefficient (Wildman–Crippen LogP) is 4.31. The minimum Gasteiger partial charge on any atom is -0.506 e. The molecule has 15 heteroatoms. The molecule has 15 nitrogen and oxygen atoms in total. The van der Waals surface area contributed by atoms with Crippen LogP contribution in [0.3, 0.4) is 0 Å². The molecule has 0 spiro atoms. The molecular weight excluding hydrogens is 722 g/mol. The molecule has 2 heterocycles. The Hall–Kier alpha value is -5.48. The molecule has 2 aromatic rings. The number of methoxy groups -OCH3 is 2. The van der Waals surface area contributed by atoms with Gasteiger partial charge in [-0.2, -0.15) is 0 Å². The Bertz CT molecular complexity index is 1860. The highest BCUT2D eigenvalue weighted by Crippen LogP contribution is 2.42. The summed E-state index contributed by atoms with van der Waals surface area (Å²) in [6.07, 6.45) is 4.25. The van der Waals surface area contributed by atoms with E-state index < -0.39 is 59.7 Å². The molecule has 2 aliphatic rings. The number of allylic oxidation sites excluding steroid dienone is 2. The monoisotopic (exact) mass is 775 g/mol. The molecule has 4 rings (SSSR count). The van der Waals surface area contributed by atoms with E-state index in [-0.39, 0.29) is 28.9 Å². The van der Waals surface area contributed by atoms with Crippen molar-refractivity contribution in [3.05, 3.63) is 88.0 Å². The van der Waals surface area contributed by atoms with Gasteiger partial charge in [-0.25, -0.2) is 4.79 Å². The fourth-order valence-electron chi connectivity index (χ4n) is 6.64. The van der Waals surface area contributed by atoms with Crippen LogP contribution in [0.2, 0.25) is 0 Å². The Kier molecular flexibility index (Phi) is 15.4. The van der Waals surface area contributed by atoms with Crippen LogP contribution in [0.25, 0.3) is 6.08 Å². The second kappa shape index (κ2) is 19.9. The number of benzene rings is 2.